The lowest BCUT2D eigenvalue weighted by Crippen LogP contribution is -2.56. The first-order valence-electron chi connectivity index (χ1n) is 13.4. The second kappa shape index (κ2) is 8.03. The zero-order valence-corrected chi connectivity index (χ0v) is 21.7. The maximum atomic E-state index is 13.0. The van der Waals surface area contributed by atoms with Crippen LogP contribution in [0.4, 0.5) is 0 Å². The van der Waals surface area contributed by atoms with Crippen LogP contribution >= 0.6 is 0 Å². The molecule has 0 saturated heterocycles. The number of hydrogen-bond donors (Lipinski definition) is 0. The average molecular weight is 486 g/mol. The number of allylic oxidation sites excluding steroid dienone is 4. The second-order valence-electron chi connectivity index (χ2n) is 11.8. The van der Waals surface area contributed by atoms with Gasteiger partial charge in [0.2, 0.25) is 0 Å². The van der Waals surface area contributed by atoms with Gasteiger partial charge < -0.3 is 9.30 Å². The fourth-order valence-corrected chi connectivity index (χ4v) is 8.50. The molecule has 6 rings (SSSR count). The summed E-state index contributed by atoms with van der Waals surface area (Å²) >= 11 is 0. The maximum Gasteiger partial charge on any atom is 0.303 e. The van der Waals surface area contributed by atoms with E-state index < -0.39 is 5.60 Å². The van der Waals surface area contributed by atoms with Gasteiger partial charge in [0.05, 0.1) is 0 Å². The molecule has 0 N–H and O–H groups in total. The summed E-state index contributed by atoms with van der Waals surface area (Å²) in [5.74, 6) is 0.576. The topological polar surface area (TPSA) is 65.4 Å². The maximum absolute atomic E-state index is 13.0. The summed E-state index contributed by atoms with van der Waals surface area (Å²) in [7, 11) is 2.06. The van der Waals surface area contributed by atoms with E-state index in [4.69, 9.17) is 4.74 Å². The standard InChI is InChI=1S/C31H35NO4/c1-18(33)31(36-19(2)34)13-10-27-24-7-5-22-16-23(35)17-26(29(22)25(24)9-12-30(27,31)3)20-6-8-28-21(15-20)11-14-32(28)4/h6,8,11,14-16,24,26-27H,5,7,9-10,12-13,17H2,1-4H3/t24-,26?,27+,30+,31+/m1/s1. The number of aromatic nitrogens is 1. The number of ether oxygens (including phenoxy) is 1. The van der Waals surface area contributed by atoms with Gasteiger partial charge in [0.15, 0.2) is 17.2 Å². The molecule has 0 radical (unpaired) electrons. The molecule has 0 aliphatic heterocycles. The third-order valence-electron chi connectivity index (χ3n) is 10.1. The summed E-state index contributed by atoms with van der Waals surface area (Å²) in [4.78, 5) is 37.9. The molecule has 0 bridgehead atoms. The summed E-state index contributed by atoms with van der Waals surface area (Å²) in [5, 5.41) is 1.20. The largest absolute Gasteiger partial charge is 0.451 e. The highest BCUT2D eigenvalue weighted by Gasteiger charge is 2.65. The Bertz CT molecular complexity index is 1380. The lowest BCUT2D eigenvalue weighted by Gasteiger charge is -2.52. The third-order valence-corrected chi connectivity index (χ3v) is 10.1. The molecule has 0 spiro atoms. The van der Waals surface area contributed by atoms with Crippen LogP contribution in [0.2, 0.25) is 0 Å². The molecule has 1 unspecified atom stereocenters. The van der Waals surface area contributed by atoms with Crippen LogP contribution < -0.4 is 0 Å². The molecule has 36 heavy (non-hydrogen) atoms. The van der Waals surface area contributed by atoms with Gasteiger partial charge >= 0.3 is 5.97 Å². The van der Waals surface area contributed by atoms with Crippen molar-refractivity contribution in [2.45, 2.75) is 77.2 Å². The average Bonchev–Trinajstić information content (AvgIpc) is 3.35. The van der Waals surface area contributed by atoms with Crippen LogP contribution in [-0.2, 0) is 26.2 Å². The van der Waals surface area contributed by atoms with Gasteiger partial charge in [-0.15, -0.1) is 0 Å². The molecule has 5 nitrogen and oxygen atoms in total. The van der Waals surface area contributed by atoms with E-state index in [9.17, 15) is 14.4 Å². The van der Waals surface area contributed by atoms with Gasteiger partial charge in [0, 0.05) is 43.4 Å². The Morgan fingerprint density at radius 1 is 1.08 bits per heavy atom. The van der Waals surface area contributed by atoms with Crippen LogP contribution in [0.1, 0.15) is 77.2 Å². The van der Waals surface area contributed by atoms with Gasteiger partial charge in [0.1, 0.15) is 0 Å². The van der Waals surface area contributed by atoms with Crippen molar-refractivity contribution in [2.24, 2.45) is 24.3 Å². The van der Waals surface area contributed by atoms with E-state index in [-0.39, 0.29) is 28.9 Å². The molecule has 4 aliphatic carbocycles. The Morgan fingerprint density at radius 2 is 1.89 bits per heavy atom. The Balaban J connectivity index is 1.45. The quantitative estimate of drug-likeness (QED) is 0.503. The zero-order chi connectivity index (χ0) is 25.4. The molecular weight excluding hydrogens is 450 g/mol. The van der Waals surface area contributed by atoms with E-state index in [1.807, 2.05) is 6.08 Å². The minimum Gasteiger partial charge on any atom is -0.451 e. The molecule has 2 aromatic rings. The number of nitrogens with zero attached hydrogens (tertiary/aromatic N) is 1. The van der Waals surface area contributed by atoms with Crippen molar-refractivity contribution in [3.63, 3.8) is 0 Å². The zero-order valence-electron chi connectivity index (χ0n) is 21.7. The van der Waals surface area contributed by atoms with Crippen LogP contribution in [0.15, 0.2) is 53.3 Å². The second-order valence-corrected chi connectivity index (χ2v) is 11.8. The SMILES string of the molecule is CC(=O)O[C@]1(C(C)=O)CC[C@H]2[C@@H]3CCC4=CC(=O)CC(c5ccc6c(ccn6C)c5)C4=C3CC[C@@]21C. The van der Waals surface area contributed by atoms with E-state index in [0.717, 1.165) is 32.1 Å². The molecule has 5 heteroatoms. The van der Waals surface area contributed by atoms with Gasteiger partial charge in [-0.1, -0.05) is 18.6 Å². The van der Waals surface area contributed by atoms with Crippen molar-refractivity contribution in [3.8, 4) is 0 Å². The van der Waals surface area contributed by atoms with Gasteiger partial charge in [-0.05, 0) is 104 Å². The molecule has 4 aliphatic rings. The van der Waals surface area contributed by atoms with E-state index in [1.165, 1.54) is 40.1 Å². The van der Waals surface area contributed by atoms with Crippen molar-refractivity contribution in [1.29, 1.82) is 0 Å². The third kappa shape index (κ3) is 3.17. The van der Waals surface area contributed by atoms with Gasteiger partial charge in [0.25, 0.3) is 0 Å². The Hall–Kier alpha value is -2.95. The minimum atomic E-state index is -1.02. The predicted molar refractivity (Wildman–Crippen MR) is 138 cm³/mol. The number of carbonyl (C=O) groups excluding carboxylic acids is 3. The number of aryl methyl sites for hydroxylation is 1. The smallest absolute Gasteiger partial charge is 0.303 e. The van der Waals surface area contributed by atoms with Crippen LogP contribution in [0.25, 0.3) is 10.9 Å². The summed E-state index contributed by atoms with van der Waals surface area (Å²) in [5.41, 5.74) is 5.13. The van der Waals surface area contributed by atoms with Crippen molar-refractivity contribution in [2.75, 3.05) is 0 Å². The molecule has 0 amide bonds. The number of benzene rings is 1. The monoisotopic (exact) mass is 485 g/mol. The predicted octanol–water partition coefficient (Wildman–Crippen LogP) is 5.97. The van der Waals surface area contributed by atoms with Crippen molar-refractivity contribution in [1.82, 2.24) is 4.57 Å². The molecule has 1 aromatic heterocycles. The Morgan fingerprint density at radius 3 is 2.64 bits per heavy atom. The van der Waals surface area contributed by atoms with Crippen LogP contribution in [-0.4, -0.2) is 27.7 Å². The molecule has 2 fully saturated rings. The van der Waals surface area contributed by atoms with E-state index >= 15 is 0 Å². The first-order chi connectivity index (χ1) is 17.1. The molecule has 188 valence electrons. The molecular formula is C31H35NO4. The molecule has 1 aromatic carbocycles. The highest BCUT2D eigenvalue weighted by molar-refractivity contribution is 5.95. The fraction of sp³-hybridized carbons (Fsp3) is 0.516. The summed E-state index contributed by atoms with van der Waals surface area (Å²) in [6.07, 6.45) is 9.60. The van der Waals surface area contributed by atoms with Crippen LogP contribution in [0.3, 0.4) is 0 Å². The van der Waals surface area contributed by atoms with E-state index in [0.29, 0.717) is 24.7 Å². The summed E-state index contributed by atoms with van der Waals surface area (Å²) < 4.78 is 8.03. The fourth-order valence-electron chi connectivity index (χ4n) is 8.50. The van der Waals surface area contributed by atoms with Gasteiger partial charge in [-0.25, -0.2) is 0 Å². The number of hydrogen-bond acceptors (Lipinski definition) is 4. The lowest BCUT2D eigenvalue weighted by atomic mass is 9.53. The minimum absolute atomic E-state index is 0.0208. The van der Waals surface area contributed by atoms with E-state index in [1.54, 1.807) is 6.92 Å². The first-order valence-corrected chi connectivity index (χ1v) is 13.4. The Labute approximate surface area is 212 Å². The summed E-state index contributed by atoms with van der Waals surface area (Å²) in [6.45, 7) is 5.20. The number of rotatable bonds is 3. The number of esters is 1. The molecule has 5 atom stereocenters. The van der Waals surface area contributed by atoms with E-state index in [2.05, 4.69) is 49.0 Å². The van der Waals surface area contributed by atoms with Crippen molar-refractivity contribution >= 4 is 28.4 Å². The van der Waals surface area contributed by atoms with Crippen LogP contribution in [0, 0.1) is 17.3 Å². The normalized spacial score (nSPS) is 33.6. The highest BCUT2D eigenvalue weighted by Crippen LogP contribution is 2.65. The van der Waals surface area contributed by atoms with Gasteiger partial charge in [-0.3, -0.25) is 14.4 Å². The first kappa shape index (κ1) is 23.4. The molecule has 1 heterocycles. The number of ketones is 2. The van der Waals surface area contributed by atoms with Crippen molar-refractivity contribution < 1.29 is 19.1 Å². The molecule has 2 saturated carbocycles. The summed E-state index contributed by atoms with van der Waals surface area (Å²) in [6, 6.07) is 8.78. The van der Waals surface area contributed by atoms with Crippen molar-refractivity contribution in [3.05, 3.63) is 58.8 Å². The Kier molecular flexibility index (Phi) is 5.23. The van der Waals surface area contributed by atoms with Gasteiger partial charge in [-0.2, -0.15) is 0 Å². The number of fused-ring (bicyclic) bond motifs is 5. The highest BCUT2D eigenvalue weighted by atomic mass is 16.6. The lowest BCUT2D eigenvalue weighted by molar-refractivity contribution is -0.181. The number of carbonyl (C=O) groups is 3. The number of Topliss-reactive ketones (excluding diaryl/α,β-unsaturated/α-hetero) is 1. The van der Waals surface area contributed by atoms with Crippen LogP contribution in [0.5, 0.6) is 0 Å².